The lowest BCUT2D eigenvalue weighted by Crippen LogP contribution is -2.38. The Kier molecular flexibility index (Phi) is 6.94. The zero-order valence-electron chi connectivity index (χ0n) is 16.2. The number of hydrogen-bond acceptors (Lipinski definition) is 3. The van der Waals surface area contributed by atoms with Crippen molar-refractivity contribution in [2.45, 2.75) is 31.7 Å². The minimum absolute atomic E-state index is 0.175. The van der Waals surface area contributed by atoms with E-state index in [4.69, 9.17) is 4.74 Å². The summed E-state index contributed by atoms with van der Waals surface area (Å²) in [6.45, 7) is 0.175. The molecule has 0 heterocycles. The van der Waals surface area contributed by atoms with Crippen LogP contribution in [0.15, 0.2) is 78.5 Å². The van der Waals surface area contributed by atoms with Crippen molar-refractivity contribution in [3.8, 4) is 0 Å². The van der Waals surface area contributed by atoms with Gasteiger partial charge in [0.25, 0.3) is 0 Å². The molecule has 3 nitrogen and oxygen atoms in total. The Hall–Kier alpha value is -2.94. The van der Waals surface area contributed by atoms with E-state index in [1.54, 1.807) is 0 Å². The zero-order chi connectivity index (χ0) is 22.5. The maximum absolute atomic E-state index is 12.8. The Morgan fingerprint density at radius 3 is 2.13 bits per heavy atom. The molecular formula is C22H20F6N2O. The lowest BCUT2D eigenvalue weighted by Gasteiger charge is -2.26. The van der Waals surface area contributed by atoms with Crippen molar-refractivity contribution in [2.75, 3.05) is 5.32 Å². The molecule has 0 spiro atoms. The summed E-state index contributed by atoms with van der Waals surface area (Å²) in [5.74, 6) is -1.55. The van der Waals surface area contributed by atoms with Gasteiger partial charge in [-0.05, 0) is 42.3 Å². The number of halogens is 6. The van der Waals surface area contributed by atoms with Crippen molar-refractivity contribution in [3.63, 3.8) is 0 Å². The molecule has 2 aromatic carbocycles. The van der Waals surface area contributed by atoms with Crippen molar-refractivity contribution < 1.29 is 31.1 Å². The molecule has 2 aromatic rings. The molecule has 166 valence electrons. The van der Waals surface area contributed by atoms with Crippen LogP contribution in [0.3, 0.4) is 0 Å². The standard InChI is InChI=1S/C22H20F6N2O/c23-21(24,25)16-6-10-18(11-7-16)29-20(31-14-15-4-2-1-3-5-15)30-19-12-8-17(9-13-19)22(26,27)28/h1-8,10-13,17,20,29-30H,9,14H2. The SMILES string of the molecule is FC(F)(F)c1ccc(NC(NC2=CCC(C(F)(F)F)C=C2)OCc2ccccc2)cc1. The van der Waals surface area contributed by atoms with Crippen LogP contribution in [-0.2, 0) is 17.5 Å². The summed E-state index contributed by atoms with van der Waals surface area (Å²) in [6, 6.07) is 13.6. The number of benzene rings is 2. The van der Waals surface area contributed by atoms with E-state index in [0.717, 1.165) is 23.8 Å². The third kappa shape index (κ3) is 6.78. The molecule has 0 aliphatic heterocycles. The van der Waals surface area contributed by atoms with Gasteiger partial charge in [-0.3, -0.25) is 0 Å². The van der Waals surface area contributed by atoms with Gasteiger partial charge in [-0.25, -0.2) is 0 Å². The van der Waals surface area contributed by atoms with Gasteiger partial charge >= 0.3 is 12.4 Å². The van der Waals surface area contributed by atoms with Crippen LogP contribution in [0.25, 0.3) is 0 Å². The molecule has 0 radical (unpaired) electrons. The summed E-state index contributed by atoms with van der Waals surface area (Å²) in [5, 5.41) is 5.86. The van der Waals surface area contributed by atoms with Crippen molar-refractivity contribution in [3.05, 3.63) is 89.6 Å². The predicted molar refractivity (Wildman–Crippen MR) is 105 cm³/mol. The van der Waals surface area contributed by atoms with Gasteiger partial charge in [-0.1, -0.05) is 42.5 Å². The molecule has 3 rings (SSSR count). The minimum Gasteiger partial charge on any atom is -0.343 e. The average Bonchev–Trinajstić information content (AvgIpc) is 2.72. The monoisotopic (exact) mass is 442 g/mol. The van der Waals surface area contributed by atoms with Gasteiger partial charge in [-0.2, -0.15) is 26.3 Å². The van der Waals surface area contributed by atoms with E-state index in [9.17, 15) is 26.3 Å². The number of alkyl halides is 6. The van der Waals surface area contributed by atoms with Crippen LogP contribution >= 0.6 is 0 Å². The molecule has 0 saturated carbocycles. The molecule has 0 fully saturated rings. The normalized spacial score (nSPS) is 17.7. The van der Waals surface area contributed by atoms with Gasteiger partial charge < -0.3 is 15.4 Å². The molecule has 0 bridgehead atoms. The Morgan fingerprint density at radius 2 is 1.58 bits per heavy atom. The topological polar surface area (TPSA) is 33.3 Å². The summed E-state index contributed by atoms with van der Waals surface area (Å²) < 4.78 is 82.5. The van der Waals surface area contributed by atoms with E-state index >= 15 is 0 Å². The van der Waals surface area contributed by atoms with E-state index in [1.165, 1.54) is 24.3 Å². The molecule has 2 atom stereocenters. The summed E-state index contributed by atoms with van der Waals surface area (Å²) in [7, 11) is 0. The second-order valence-electron chi connectivity index (χ2n) is 6.94. The van der Waals surface area contributed by atoms with Gasteiger partial charge in [-0.15, -0.1) is 0 Å². The third-order valence-electron chi connectivity index (χ3n) is 4.59. The van der Waals surface area contributed by atoms with E-state index in [-0.39, 0.29) is 13.0 Å². The van der Waals surface area contributed by atoms with E-state index in [1.807, 2.05) is 30.3 Å². The number of nitrogens with one attached hydrogen (secondary N) is 2. The van der Waals surface area contributed by atoms with Crippen LogP contribution in [0.2, 0.25) is 0 Å². The molecule has 31 heavy (non-hydrogen) atoms. The minimum atomic E-state index is -4.45. The Labute approximate surface area is 175 Å². The van der Waals surface area contributed by atoms with Crippen LogP contribution in [-0.4, -0.2) is 12.5 Å². The molecule has 1 aliphatic rings. The van der Waals surface area contributed by atoms with Gasteiger partial charge in [0.2, 0.25) is 6.35 Å². The van der Waals surface area contributed by atoms with Gasteiger partial charge in [0.15, 0.2) is 0 Å². The average molecular weight is 442 g/mol. The number of ether oxygens (including phenoxy) is 1. The number of hydrogen-bond donors (Lipinski definition) is 2. The largest absolute Gasteiger partial charge is 0.416 e. The molecule has 0 aromatic heterocycles. The maximum Gasteiger partial charge on any atom is 0.416 e. The van der Waals surface area contributed by atoms with E-state index < -0.39 is 30.2 Å². The first-order chi connectivity index (χ1) is 14.6. The first kappa shape index (κ1) is 22.7. The highest BCUT2D eigenvalue weighted by Gasteiger charge is 2.37. The third-order valence-corrected chi connectivity index (χ3v) is 4.59. The smallest absolute Gasteiger partial charge is 0.343 e. The number of anilines is 1. The molecular weight excluding hydrogens is 422 g/mol. The molecule has 2 N–H and O–H groups in total. The second-order valence-corrected chi connectivity index (χ2v) is 6.94. The molecule has 0 amide bonds. The highest BCUT2D eigenvalue weighted by molar-refractivity contribution is 5.45. The van der Waals surface area contributed by atoms with Gasteiger partial charge in [0.05, 0.1) is 18.1 Å². The van der Waals surface area contributed by atoms with Crippen molar-refractivity contribution in [1.29, 1.82) is 0 Å². The fourth-order valence-corrected chi connectivity index (χ4v) is 2.90. The molecule has 0 saturated heterocycles. The number of allylic oxidation sites excluding steroid dienone is 3. The second kappa shape index (κ2) is 9.47. The Morgan fingerprint density at radius 1 is 0.903 bits per heavy atom. The predicted octanol–water partition coefficient (Wildman–Crippen LogP) is 6.23. The lowest BCUT2D eigenvalue weighted by atomic mass is 9.99. The van der Waals surface area contributed by atoms with Crippen molar-refractivity contribution in [2.24, 2.45) is 5.92 Å². The summed E-state index contributed by atoms with van der Waals surface area (Å²) in [4.78, 5) is 0. The molecule has 9 heteroatoms. The number of rotatable bonds is 7. The quantitative estimate of drug-likeness (QED) is 0.394. The van der Waals surface area contributed by atoms with Crippen LogP contribution in [0.5, 0.6) is 0 Å². The summed E-state index contributed by atoms with van der Waals surface area (Å²) >= 11 is 0. The zero-order valence-corrected chi connectivity index (χ0v) is 16.2. The van der Waals surface area contributed by atoms with Crippen LogP contribution in [0.1, 0.15) is 17.5 Å². The van der Waals surface area contributed by atoms with Gasteiger partial charge in [0, 0.05) is 11.4 Å². The van der Waals surface area contributed by atoms with E-state index in [0.29, 0.717) is 11.4 Å². The molecule has 2 unspecified atom stereocenters. The van der Waals surface area contributed by atoms with Gasteiger partial charge in [0.1, 0.15) is 0 Å². The fraction of sp³-hybridized carbons (Fsp3) is 0.273. The van der Waals surface area contributed by atoms with Crippen molar-refractivity contribution >= 4 is 5.69 Å². The first-order valence-electron chi connectivity index (χ1n) is 9.42. The Bertz CT molecular complexity index is 904. The van der Waals surface area contributed by atoms with Crippen LogP contribution < -0.4 is 10.6 Å². The fourth-order valence-electron chi connectivity index (χ4n) is 2.90. The van der Waals surface area contributed by atoms with Crippen molar-refractivity contribution in [1.82, 2.24) is 5.32 Å². The highest BCUT2D eigenvalue weighted by Crippen LogP contribution is 2.33. The summed E-state index contributed by atoms with van der Waals surface area (Å²) in [6.07, 6.45) is -6.09. The lowest BCUT2D eigenvalue weighted by molar-refractivity contribution is -0.160. The van der Waals surface area contributed by atoms with E-state index in [2.05, 4.69) is 10.6 Å². The molecule has 1 aliphatic carbocycles. The summed E-state index contributed by atoms with van der Waals surface area (Å²) in [5.41, 5.74) is 0.836. The maximum atomic E-state index is 12.8. The van der Waals surface area contributed by atoms with Crippen LogP contribution in [0, 0.1) is 5.92 Å². The Balaban J connectivity index is 1.69. The highest BCUT2D eigenvalue weighted by atomic mass is 19.4. The first-order valence-corrected chi connectivity index (χ1v) is 9.42. The van der Waals surface area contributed by atoms with Crippen LogP contribution in [0.4, 0.5) is 32.0 Å².